The minimum atomic E-state index is -0.418. The average molecular weight is 273 g/mol. The third-order valence-electron chi connectivity index (χ3n) is 2.74. The van der Waals surface area contributed by atoms with Crippen LogP contribution in [0.15, 0.2) is 12.1 Å². The van der Waals surface area contributed by atoms with Crippen molar-refractivity contribution in [1.82, 2.24) is 0 Å². The molecule has 0 aromatic heterocycles. The van der Waals surface area contributed by atoms with Gasteiger partial charge in [-0.1, -0.05) is 25.4 Å². The summed E-state index contributed by atoms with van der Waals surface area (Å²) in [6, 6.07) is 3.57. The monoisotopic (exact) mass is 272 g/mol. The largest absolute Gasteiger partial charge is 0.493 e. The van der Waals surface area contributed by atoms with Crippen LogP contribution in [0.4, 0.5) is 0 Å². The van der Waals surface area contributed by atoms with Gasteiger partial charge in [0.1, 0.15) is 0 Å². The Morgan fingerprint density at radius 2 is 1.89 bits per heavy atom. The second kappa shape index (κ2) is 5.81. The lowest BCUT2D eigenvalue weighted by Gasteiger charge is -2.25. The summed E-state index contributed by atoms with van der Waals surface area (Å²) in [5.41, 5.74) is 0.432. The highest BCUT2D eigenvalue weighted by Crippen LogP contribution is 2.39. The number of benzene rings is 1. The molecule has 0 saturated heterocycles. The number of ether oxygens (including phenoxy) is 2. The zero-order valence-electron chi connectivity index (χ0n) is 11.6. The van der Waals surface area contributed by atoms with E-state index in [1.165, 1.54) is 0 Å². The molecular formula is C14H21ClO3. The molecule has 0 amide bonds. The minimum Gasteiger partial charge on any atom is -0.493 e. The van der Waals surface area contributed by atoms with Crippen LogP contribution in [0.2, 0.25) is 5.02 Å². The van der Waals surface area contributed by atoms with E-state index in [-0.39, 0.29) is 12.7 Å². The van der Waals surface area contributed by atoms with Gasteiger partial charge < -0.3 is 14.6 Å². The lowest BCUT2D eigenvalue weighted by atomic mass is 9.85. The Hall–Kier alpha value is -0.930. The molecule has 0 aliphatic rings. The molecule has 1 aromatic rings. The van der Waals surface area contributed by atoms with E-state index in [1.54, 1.807) is 13.2 Å². The van der Waals surface area contributed by atoms with Crippen molar-refractivity contribution < 1.29 is 14.6 Å². The summed E-state index contributed by atoms with van der Waals surface area (Å²) in [7, 11) is 1.58. The number of methoxy groups -OCH3 is 1. The summed E-state index contributed by atoms with van der Waals surface area (Å²) in [6.45, 7) is 7.77. The molecule has 0 heterocycles. The van der Waals surface area contributed by atoms with E-state index in [4.69, 9.17) is 21.1 Å². The molecule has 0 aliphatic heterocycles. The maximum atomic E-state index is 9.44. The number of halogens is 1. The molecule has 1 N–H and O–H groups in total. The molecule has 1 aromatic carbocycles. The van der Waals surface area contributed by atoms with E-state index >= 15 is 0 Å². The second-order valence-corrected chi connectivity index (χ2v) is 5.60. The molecular weight excluding hydrogens is 252 g/mol. The molecule has 0 saturated carbocycles. The van der Waals surface area contributed by atoms with Gasteiger partial charge >= 0.3 is 0 Å². The van der Waals surface area contributed by atoms with Gasteiger partial charge in [-0.2, -0.15) is 0 Å². The quantitative estimate of drug-likeness (QED) is 0.893. The summed E-state index contributed by atoms with van der Waals surface area (Å²) in [5, 5.41) is 10.0. The molecule has 0 radical (unpaired) electrons. The first-order valence-electron chi connectivity index (χ1n) is 5.97. The van der Waals surface area contributed by atoms with Crippen LogP contribution in [-0.2, 0) is 5.41 Å². The maximum Gasteiger partial charge on any atom is 0.162 e. The van der Waals surface area contributed by atoms with Gasteiger partial charge in [0.25, 0.3) is 0 Å². The summed E-state index contributed by atoms with van der Waals surface area (Å²) >= 11 is 6.23. The van der Waals surface area contributed by atoms with Gasteiger partial charge in [-0.25, -0.2) is 0 Å². The Balaban J connectivity index is 3.29. The number of rotatable bonds is 5. The topological polar surface area (TPSA) is 38.7 Å². The van der Waals surface area contributed by atoms with Crippen LogP contribution < -0.4 is 9.47 Å². The van der Waals surface area contributed by atoms with E-state index in [9.17, 15) is 5.11 Å². The van der Waals surface area contributed by atoms with Crippen molar-refractivity contribution in [2.24, 2.45) is 0 Å². The van der Waals surface area contributed by atoms with Crippen LogP contribution in [0.1, 0.15) is 33.3 Å². The normalized spacial score (nSPS) is 11.8. The van der Waals surface area contributed by atoms with Crippen molar-refractivity contribution in [1.29, 1.82) is 0 Å². The number of aliphatic hydroxyl groups excluding tert-OH is 1. The van der Waals surface area contributed by atoms with E-state index in [0.29, 0.717) is 16.5 Å². The van der Waals surface area contributed by atoms with Gasteiger partial charge in [0.05, 0.1) is 19.8 Å². The molecule has 18 heavy (non-hydrogen) atoms. The fraction of sp³-hybridized carbons (Fsp3) is 0.571. The zero-order chi connectivity index (χ0) is 13.9. The first-order chi connectivity index (χ1) is 8.31. The average Bonchev–Trinajstić information content (AvgIpc) is 2.30. The fourth-order valence-corrected chi connectivity index (χ4v) is 2.05. The molecule has 3 nitrogen and oxygen atoms in total. The predicted molar refractivity (Wildman–Crippen MR) is 73.9 cm³/mol. The molecule has 102 valence electrons. The highest BCUT2D eigenvalue weighted by Gasteiger charge is 2.25. The molecule has 4 heteroatoms. The summed E-state index contributed by atoms with van der Waals surface area (Å²) < 4.78 is 11.0. The van der Waals surface area contributed by atoms with E-state index < -0.39 is 5.41 Å². The van der Waals surface area contributed by atoms with Gasteiger partial charge in [-0.15, -0.1) is 0 Å². The Bertz CT molecular complexity index is 414. The van der Waals surface area contributed by atoms with E-state index in [2.05, 4.69) is 0 Å². The van der Waals surface area contributed by atoms with Crippen LogP contribution in [0.3, 0.4) is 0 Å². The van der Waals surface area contributed by atoms with Crippen molar-refractivity contribution in [3.63, 3.8) is 0 Å². The molecule has 0 unspecified atom stereocenters. The van der Waals surface area contributed by atoms with E-state index in [0.717, 1.165) is 5.56 Å². The molecule has 0 spiro atoms. The molecule has 0 aliphatic carbocycles. The Labute approximate surface area is 114 Å². The van der Waals surface area contributed by atoms with Gasteiger partial charge in [0.2, 0.25) is 0 Å². The predicted octanol–water partition coefficient (Wildman–Crippen LogP) is 3.41. The van der Waals surface area contributed by atoms with Crippen molar-refractivity contribution in [2.45, 2.75) is 39.2 Å². The van der Waals surface area contributed by atoms with Crippen LogP contribution in [0.25, 0.3) is 0 Å². The van der Waals surface area contributed by atoms with Crippen molar-refractivity contribution >= 4 is 11.6 Å². The lowest BCUT2D eigenvalue weighted by molar-refractivity contribution is 0.214. The summed E-state index contributed by atoms with van der Waals surface area (Å²) in [6.07, 6.45) is 0.0464. The van der Waals surface area contributed by atoms with Gasteiger partial charge in [0.15, 0.2) is 11.5 Å². The zero-order valence-corrected chi connectivity index (χ0v) is 12.3. The van der Waals surface area contributed by atoms with Gasteiger partial charge in [0, 0.05) is 16.5 Å². The third-order valence-corrected chi connectivity index (χ3v) is 3.05. The summed E-state index contributed by atoms with van der Waals surface area (Å²) in [5.74, 6) is 1.25. The maximum absolute atomic E-state index is 9.44. The van der Waals surface area contributed by atoms with Gasteiger partial charge in [-0.05, 0) is 25.5 Å². The molecule has 1 rings (SSSR count). The van der Waals surface area contributed by atoms with Crippen molar-refractivity contribution in [2.75, 3.05) is 13.7 Å². The van der Waals surface area contributed by atoms with Crippen LogP contribution in [-0.4, -0.2) is 24.9 Å². The number of hydrogen-bond donors (Lipinski definition) is 1. The Morgan fingerprint density at radius 1 is 1.28 bits per heavy atom. The molecule has 0 bridgehead atoms. The minimum absolute atomic E-state index is 0.0141. The highest BCUT2D eigenvalue weighted by molar-refractivity contribution is 6.31. The van der Waals surface area contributed by atoms with E-state index in [1.807, 2.05) is 33.8 Å². The smallest absolute Gasteiger partial charge is 0.162 e. The fourth-order valence-electron chi connectivity index (χ4n) is 1.64. The van der Waals surface area contributed by atoms with Crippen molar-refractivity contribution in [3.05, 3.63) is 22.7 Å². The standard InChI is InChI=1S/C14H21ClO3/c1-9(2)18-13-6-10(14(3,4)8-16)11(15)7-12(13)17-5/h6-7,9,16H,8H2,1-5H3. The number of aliphatic hydroxyl groups is 1. The third kappa shape index (κ3) is 3.30. The first-order valence-corrected chi connectivity index (χ1v) is 6.35. The molecule has 0 atom stereocenters. The Morgan fingerprint density at radius 3 is 2.33 bits per heavy atom. The summed E-state index contributed by atoms with van der Waals surface area (Å²) in [4.78, 5) is 0. The SMILES string of the molecule is COc1cc(Cl)c(C(C)(C)CO)cc1OC(C)C. The second-order valence-electron chi connectivity index (χ2n) is 5.19. The first kappa shape index (κ1) is 15.1. The van der Waals surface area contributed by atoms with Gasteiger partial charge in [-0.3, -0.25) is 0 Å². The van der Waals surface area contributed by atoms with Crippen LogP contribution in [0, 0.1) is 0 Å². The lowest BCUT2D eigenvalue weighted by Crippen LogP contribution is -2.23. The van der Waals surface area contributed by atoms with Crippen LogP contribution >= 0.6 is 11.6 Å². The highest BCUT2D eigenvalue weighted by atomic mass is 35.5. The van der Waals surface area contributed by atoms with Crippen molar-refractivity contribution in [3.8, 4) is 11.5 Å². The molecule has 0 fully saturated rings. The number of hydrogen-bond acceptors (Lipinski definition) is 3. The van der Waals surface area contributed by atoms with Crippen LogP contribution in [0.5, 0.6) is 11.5 Å². The Kier molecular flexibility index (Phi) is 4.88.